The summed E-state index contributed by atoms with van der Waals surface area (Å²) >= 11 is 0. The molecule has 0 unspecified atom stereocenters. The molecule has 9 nitrogen and oxygen atoms in total. The molecular formula is C29H26FN5O4. The van der Waals surface area contributed by atoms with E-state index in [0.29, 0.717) is 18.8 Å². The van der Waals surface area contributed by atoms with Crippen molar-refractivity contribution in [2.45, 2.75) is 12.5 Å². The number of rotatable bonds is 5. The molecule has 1 amide bonds. The van der Waals surface area contributed by atoms with Crippen molar-refractivity contribution in [3.63, 3.8) is 0 Å². The van der Waals surface area contributed by atoms with Crippen molar-refractivity contribution in [1.82, 2.24) is 24.8 Å². The summed E-state index contributed by atoms with van der Waals surface area (Å²) in [6.07, 6.45) is 1.72. The normalized spacial score (nSPS) is 14.3. The summed E-state index contributed by atoms with van der Waals surface area (Å²) in [6.45, 7) is 3.87. The molecule has 1 aliphatic rings. The van der Waals surface area contributed by atoms with E-state index in [0.717, 1.165) is 28.4 Å². The number of likely N-dealkylation sites (tertiary alicyclic amines) is 1. The molecule has 6 rings (SSSR count). The van der Waals surface area contributed by atoms with Crippen LogP contribution in [0.25, 0.3) is 27.5 Å². The first-order chi connectivity index (χ1) is 18.9. The van der Waals surface area contributed by atoms with Crippen LogP contribution in [0.1, 0.15) is 23.0 Å². The van der Waals surface area contributed by atoms with Crippen LogP contribution in [0.5, 0.6) is 0 Å². The molecule has 39 heavy (non-hydrogen) atoms. The molecule has 1 fully saturated rings. The number of benzene rings is 3. The molecule has 198 valence electrons. The highest BCUT2D eigenvalue weighted by atomic mass is 19.1. The van der Waals surface area contributed by atoms with Crippen molar-refractivity contribution in [3.05, 3.63) is 106 Å². The number of aromatic amines is 1. The highest BCUT2D eigenvalue weighted by Crippen LogP contribution is 2.32. The Hall–Kier alpha value is -4.83. The number of carbonyl (C=O) groups is 2. The SMILES string of the molecule is CCN1CC(NC(=O)c2cc3c(=O)[nH]c(-c4ccc5ccccc5c4)cn3n2)(c2ccc(F)cc2)C1.O=CO. The van der Waals surface area contributed by atoms with Crippen LogP contribution in [-0.4, -0.2) is 56.6 Å². The Balaban J connectivity index is 0.000000983. The van der Waals surface area contributed by atoms with E-state index in [9.17, 15) is 14.0 Å². The molecule has 0 aliphatic carbocycles. The molecule has 2 aromatic heterocycles. The minimum absolute atomic E-state index is 0.146. The van der Waals surface area contributed by atoms with Gasteiger partial charge in [-0.3, -0.25) is 19.3 Å². The fourth-order valence-corrected chi connectivity index (χ4v) is 4.94. The Morgan fingerprint density at radius 2 is 1.79 bits per heavy atom. The van der Waals surface area contributed by atoms with Gasteiger partial charge in [-0.2, -0.15) is 5.10 Å². The number of nitrogens with zero attached hydrogens (tertiary/aromatic N) is 3. The average molecular weight is 528 g/mol. The highest BCUT2D eigenvalue weighted by molar-refractivity contribution is 5.94. The Labute approximate surface area is 222 Å². The second-order valence-corrected chi connectivity index (χ2v) is 9.37. The smallest absolute Gasteiger partial charge is 0.290 e. The summed E-state index contributed by atoms with van der Waals surface area (Å²) in [6, 6.07) is 21.6. The predicted octanol–water partition coefficient (Wildman–Crippen LogP) is 3.64. The Kier molecular flexibility index (Phi) is 6.95. The number of H-pyrrole nitrogens is 1. The molecule has 3 heterocycles. The Morgan fingerprint density at radius 1 is 1.10 bits per heavy atom. The number of aromatic nitrogens is 3. The molecule has 0 atom stereocenters. The molecule has 0 radical (unpaired) electrons. The number of halogens is 1. The van der Waals surface area contributed by atoms with Gasteiger partial charge in [0.2, 0.25) is 0 Å². The van der Waals surface area contributed by atoms with Crippen LogP contribution < -0.4 is 10.9 Å². The van der Waals surface area contributed by atoms with Gasteiger partial charge in [-0.1, -0.05) is 55.5 Å². The first kappa shape index (κ1) is 25.8. The van der Waals surface area contributed by atoms with E-state index in [2.05, 4.69) is 27.2 Å². The van der Waals surface area contributed by atoms with Gasteiger partial charge in [0, 0.05) is 24.7 Å². The molecule has 0 bridgehead atoms. The van der Waals surface area contributed by atoms with E-state index in [1.165, 1.54) is 22.7 Å². The summed E-state index contributed by atoms with van der Waals surface area (Å²) in [7, 11) is 0. The van der Waals surface area contributed by atoms with Gasteiger partial charge in [0.25, 0.3) is 17.9 Å². The van der Waals surface area contributed by atoms with E-state index in [1.54, 1.807) is 18.3 Å². The zero-order valence-corrected chi connectivity index (χ0v) is 21.1. The summed E-state index contributed by atoms with van der Waals surface area (Å²) in [5.74, 6) is -0.709. The first-order valence-corrected chi connectivity index (χ1v) is 12.4. The minimum atomic E-state index is -0.640. The standard InChI is InChI=1S/C28H24FN5O2.CH2O2/c1-2-33-16-28(17-33,21-9-11-22(29)12-10-21)31-26(35)23-14-25-27(36)30-24(15-34(25)32-23)20-8-7-18-5-3-4-6-19(18)13-20;2-1-3/h3-15H,2,16-17H2,1H3,(H,30,36)(H,31,35);1H,(H,2,3). The molecule has 1 aliphatic heterocycles. The molecule has 3 N–H and O–H groups in total. The zero-order valence-electron chi connectivity index (χ0n) is 21.1. The Bertz CT molecular complexity index is 1720. The van der Waals surface area contributed by atoms with Crippen molar-refractivity contribution < 1.29 is 19.1 Å². The summed E-state index contributed by atoms with van der Waals surface area (Å²) < 4.78 is 15.0. The van der Waals surface area contributed by atoms with Gasteiger partial charge in [0.05, 0.1) is 17.4 Å². The van der Waals surface area contributed by atoms with Gasteiger partial charge >= 0.3 is 0 Å². The predicted molar refractivity (Wildman–Crippen MR) is 145 cm³/mol. The van der Waals surface area contributed by atoms with Crippen LogP contribution in [0.2, 0.25) is 0 Å². The molecule has 0 saturated carbocycles. The second-order valence-electron chi connectivity index (χ2n) is 9.37. The van der Waals surface area contributed by atoms with Crippen LogP contribution in [-0.2, 0) is 10.3 Å². The minimum Gasteiger partial charge on any atom is -0.483 e. The number of carbonyl (C=O) groups excluding carboxylic acids is 1. The van der Waals surface area contributed by atoms with Gasteiger partial charge < -0.3 is 15.4 Å². The maximum atomic E-state index is 13.5. The summed E-state index contributed by atoms with van der Waals surface area (Å²) in [5.41, 5.74) is 1.74. The van der Waals surface area contributed by atoms with E-state index < -0.39 is 5.54 Å². The molecule has 0 spiro atoms. The van der Waals surface area contributed by atoms with Crippen molar-refractivity contribution in [3.8, 4) is 11.3 Å². The number of amides is 1. The third kappa shape index (κ3) is 5.01. The monoisotopic (exact) mass is 527 g/mol. The summed E-state index contributed by atoms with van der Waals surface area (Å²) in [5, 5.41) is 16.6. The van der Waals surface area contributed by atoms with Crippen LogP contribution >= 0.6 is 0 Å². The Morgan fingerprint density at radius 3 is 2.49 bits per heavy atom. The number of hydrogen-bond donors (Lipinski definition) is 3. The zero-order chi connectivity index (χ0) is 27.6. The number of fused-ring (bicyclic) bond motifs is 2. The van der Waals surface area contributed by atoms with Crippen LogP contribution in [0.15, 0.2) is 83.8 Å². The highest BCUT2D eigenvalue weighted by Gasteiger charge is 2.45. The van der Waals surface area contributed by atoms with E-state index >= 15 is 0 Å². The quantitative estimate of drug-likeness (QED) is 0.300. The van der Waals surface area contributed by atoms with Crippen LogP contribution in [0.4, 0.5) is 4.39 Å². The number of nitrogens with one attached hydrogen (secondary N) is 2. The van der Waals surface area contributed by atoms with Gasteiger partial charge in [-0.25, -0.2) is 8.91 Å². The van der Waals surface area contributed by atoms with E-state index in [4.69, 9.17) is 9.90 Å². The number of carboxylic acid groups (broad SMARTS) is 1. The molecule has 1 saturated heterocycles. The lowest BCUT2D eigenvalue weighted by atomic mass is 9.82. The third-order valence-electron chi connectivity index (χ3n) is 6.94. The lowest BCUT2D eigenvalue weighted by Crippen LogP contribution is -2.67. The van der Waals surface area contributed by atoms with Crippen molar-refractivity contribution in [2.75, 3.05) is 19.6 Å². The maximum Gasteiger partial charge on any atom is 0.290 e. The fourth-order valence-electron chi connectivity index (χ4n) is 4.94. The van der Waals surface area contributed by atoms with Crippen molar-refractivity contribution >= 4 is 28.7 Å². The average Bonchev–Trinajstić information content (AvgIpc) is 3.36. The maximum absolute atomic E-state index is 13.5. The van der Waals surface area contributed by atoms with Gasteiger partial charge in [-0.15, -0.1) is 0 Å². The number of likely N-dealkylation sites (N-methyl/N-ethyl adjacent to an activating group) is 1. The lowest BCUT2D eigenvalue weighted by Gasteiger charge is -2.50. The molecule has 3 aromatic carbocycles. The van der Waals surface area contributed by atoms with Gasteiger partial charge in [0.1, 0.15) is 11.3 Å². The van der Waals surface area contributed by atoms with Gasteiger partial charge in [0.15, 0.2) is 5.69 Å². The first-order valence-electron chi connectivity index (χ1n) is 12.4. The molecule has 5 aromatic rings. The van der Waals surface area contributed by atoms with E-state index in [-0.39, 0.29) is 35.0 Å². The largest absolute Gasteiger partial charge is 0.483 e. The second kappa shape index (κ2) is 10.5. The topological polar surface area (TPSA) is 120 Å². The molecular weight excluding hydrogens is 501 g/mol. The third-order valence-corrected chi connectivity index (χ3v) is 6.94. The van der Waals surface area contributed by atoms with Crippen LogP contribution in [0, 0.1) is 5.82 Å². The van der Waals surface area contributed by atoms with E-state index in [1.807, 2.05) is 42.5 Å². The van der Waals surface area contributed by atoms with Crippen molar-refractivity contribution in [2.24, 2.45) is 0 Å². The summed E-state index contributed by atoms with van der Waals surface area (Å²) in [4.78, 5) is 39.6. The lowest BCUT2D eigenvalue weighted by molar-refractivity contribution is -0.122. The fraction of sp³-hybridized carbons (Fsp3) is 0.172. The van der Waals surface area contributed by atoms with Gasteiger partial charge in [-0.05, 0) is 41.1 Å². The van der Waals surface area contributed by atoms with Crippen LogP contribution in [0.3, 0.4) is 0 Å². The van der Waals surface area contributed by atoms with Crippen molar-refractivity contribution in [1.29, 1.82) is 0 Å². The number of hydrogen-bond acceptors (Lipinski definition) is 5. The molecule has 10 heteroatoms.